The van der Waals surface area contributed by atoms with Gasteiger partial charge >= 0.3 is 0 Å². The average molecular weight is 1050 g/mol. The van der Waals surface area contributed by atoms with Crippen molar-refractivity contribution in [3.05, 3.63) is 297 Å². The van der Waals surface area contributed by atoms with Crippen LogP contribution in [0.15, 0.2) is 279 Å². The smallest absolute Gasteiger partial charge is 0.248 e. The Morgan fingerprint density at radius 3 is 1.02 bits per heavy atom. The molecule has 3 heterocycles. The lowest BCUT2D eigenvalue weighted by Crippen LogP contribution is -2.10. The predicted molar refractivity (Wildman–Crippen MR) is 338 cm³/mol. The largest absolute Gasteiger partial charge is 0.416 e. The highest BCUT2D eigenvalue weighted by molar-refractivity contribution is 5.85. The molecular formula is C74H60N6O. The molecule has 0 unspecified atom stereocenters. The summed E-state index contributed by atoms with van der Waals surface area (Å²) in [5.74, 6) is 2.96. The monoisotopic (exact) mass is 1050 g/mol. The third-order valence-corrected chi connectivity index (χ3v) is 14.2. The molecule has 0 spiro atoms. The third kappa shape index (κ3) is 11.7. The molecule has 7 heteroatoms. The summed E-state index contributed by atoms with van der Waals surface area (Å²) < 4.78 is 10.4. The minimum absolute atomic E-state index is 0.117. The molecule has 7 nitrogen and oxygen atoms in total. The van der Waals surface area contributed by atoms with Crippen molar-refractivity contribution in [1.82, 2.24) is 29.3 Å². The van der Waals surface area contributed by atoms with Crippen LogP contribution < -0.4 is 0 Å². The van der Waals surface area contributed by atoms with Crippen LogP contribution in [0.3, 0.4) is 0 Å². The van der Waals surface area contributed by atoms with Gasteiger partial charge in [0.1, 0.15) is 11.6 Å². The van der Waals surface area contributed by atoms with Crippen LogP contribution in [0.1, 0.15) is 43.0 Å². The van der Waals surface area contributed by atoms with Crippen LogP contribution in [0.4, 0.5) is 0 Å². The van der Waals surface area contributed by atoms with Crippen molar-refractivity contribution >= 4 is 40.3 Å². The predicted octanol–water partition coefficient (Wildman–Crippen LogP) is 19.3. The first kappa shape index (κ1) is 52.5. The second-order valence-electron chi connectivity index (χ2n) is 20.6. The number of imidazole rings is 2. The van der Waals surface area contributed by atoms with E-state index in [1.54, 1.807) is 0 Å². The van der Waals surface area contributed by atoms with Gasteiger partial charge in [-0.25, -0.2) is 9.97 Å². The minimum Gasteiger partial charge on any atom is -0.416 e. The summed E-state index contributed by atoms with van der Waals surface area (Å²) in [5, 5.41) is 8.46. The van der Waals surface area contributed by atoms with Crippen LogP contribution in [0.2, 0.25) is 0 Å². The Morgan fingerprint density at radius 1 is 0.333 bits per heavy atom. The lowest BCUT2D eigenvalue weighted by Gasteiger charge is -2.18. The molecule has 0 fully saturated rings. The quantitative estimate of drug-likeness (QED) is 0.129. The van der Waals surface area contributed by atoms with Crippen molar-refractivity contribution in [2.45, 2.75) is 26.2 Å². The molecule has 13 rings (SSSR count). The molecular weight excluding hydrogens is 989 g/mol. The average Bonchev–Trinajstić information content (AvgIpc) is 4.48. The summed E-state index contributed by atoms with van der Waals surface area (Å²) in [6.45, 7) is 18.0. The SMILES string of the molecule is C=Cc1ccc(-c2ccc(-c3nnc(-c4ccc(C(C)(C)C)cc4)o3)cc2)cc1.C=Cc1ccc(-c2ccc(-n3c(-c4ccccc4)nc4ccccc43)cc2)cc1.C=Cc1ccc(-n2c(-c3ccccc3)nc3ccccc32)cc1. The van der Waals surface area contributed by atoms with E-state index >= 15 is 0 Å². The van der Waals surface area contributed by atoms with Gasteiger partial charge < -0.3 is 4.42 Å². The number of hydrogen-bond acceptors (Lipinski definition) is 5. The summed E-state index contributed by atoms with van der Waals surface area (Å²) in [7, 11) is 0. The van der Waals surface area contributed by atoms with E-state index in [1.807, 2.05) is 85.0 Å². The standard InChI is InChI=1S/C27H20N2.C26H24N2O.C21H16N2/c1-2-20-12-14-21(15-13-20)22-16-18-24(19-17-22)29-26-11-7-6-10-25(26)28-27(29)23-8-4-3-5-9-23;1-5-18-6-8-19(9-7-18)20-10-12-21(13-11-20)24-27-28-25(29-24)22-14-16-23(17-15-22)26(2,3)4;1-2-16-12-14-18(15-13-16)23-20-11-7-6-10-19(20)22-21(23)17-8-4-3-5-9-17/h2-19H,1H2;5-17H,1H2,2-4H3;2-15H,1H2. The molecule has 81 heavy (non-hydrogen) atoms. The van der Waals surface area contributed by atoms with Gasteiger partial charge in [-0.05, 0) is 123 Å². The Bertz CT molecular complexity index is 4240. The van der Waals surface area contributed by atoms with Crippen LogP contribution in [-0.4, -0.2) is 29.3 Å². The Labute approximate surface area is 473 Å². The summed E-state index contributed by atoms with van der Waals surface area (Å²) in [4.78, 5) is 9.76. The highest BCUT2D eigenvalue weighted by atomic mass is 16.4. The molecule has 13 aromatic rings. The van der Waals surface area contributed by atoms with Crippen molar-refractivity contribution < 1.29 is 4.42 Å². The topological polar surface area (TPSA) is 74.6 Å². The van der Waals surface area contributed by atoms with Gasteiger partial charge in [-0.1, -0.05) is 241 Å². The molecule has 0 atom stereocenters. The number of nitrogens with zero attached hydrogens (tertiary/aromatic N) is 6. The zero-order valence-corrected chi connectivity index (χ0v) is 45.7. The maximum absolute atomic E-state index is 5.92. The summed E-state index contributed by atoms with van der Waals surface area (Å²) in [5.41, 5.74) is 19.9. The number of benzene rings is 10. The fourth-order valence-electron chi connectivity index (χ4n) is 9.70. The molecule has 0 aliphatic rings. The van der Waals surface area contributed by atoms with E-state index in [4.69, 9.17) is 14.4 Å². The van der Waals surface area contributed by atoms with Gasteiger partial charge in [0.25, 0.3) is 0 Å². The molecule has 0 amide bonds. The van der Waals surface area contributed by atoms with Gasteiger partial charge in [0, 0.05) is 33.6 Å². The molecule has 392 valence electrons. The zero-order chi connectivity index (χ0) is 55.7. The van der Waals surface area contributed by atoms with Crippen LogP contribution in [-0.2, 0) is 5.41 Å². The molecule has 0 N–H and O–H groups in total. The molecule has 0 aliphatic heterocycles. The Balaban J connectivity index is 0.000000129. The number of hydrogen-bond donors (Lipinski definition) is 0. The van der Waals surface area contributed by atoms with Crippen LogP contribution in [0.5, 0.6) is 0 Å². The van der Waals surface area contributed by atoms with E-state index in [2.05, 4.69) is 248 Å². The molecule has 3 aromatic heterocycles. The normalized spacial score (nSPS) is 11.0. The zero-order valence-electron chi connectivity index (χ0n) is 45.7. The number of para-hydroxylation sites is 4. The maximum Gasteiger partial charge on any atom is 0.248 e. The number of fused-ring (bicyclic) bond motifs is 2. The Morgan fingerprint density at radius 2 is 0.642 bits per heavy atom. The Kier molecular flexibility index (Phi) is 15.3. The van der Waals surface area contributed by atoms with E-state index < -0.39 is 0 Å². The molecule has 0 saturated heterocycles. The lowest BCUT2D eigenvalue weighted by atomic mass is 9.87. The number of rotatable bonds is 11. The first-order valence-electron chi connectivity index (χ1n) is 27.0. The summed E-state index contributed by atoms with van der Waals surface area (Å²) in [6, 6.07) is 87.4. The van der Waals surface area contributed by atoms with Crippen LogP contribution in [0, 0.1) is 0 Å². The Hall–Kier alpha value is -10.5. The van der Waals surface area contributed by atoms with Crippen molar-refractivity contribution in [1.29, 1.82) is 0 Å². The van der Waals surface area contributed by atoms with Crippen molar-refractivity contribution in [2.24, 2.45) is 0 Å². The van der Waals surface area contributed by atoms with Crippen molar-refractivity contribution in [2.75, 3.05) is 0 Å². The van der Waals surface area contributed by atoms with Gasteiger partial charge in [0.2, 0.25) is 11.8 Å². The van der Waals surface area contributed by atoms with Crippen LogP contribution >= 0.6 is 0 Å². The first-order chi connectivity index (χ1) is 39.6. The first-order valence-corrected chi connectivity index (χ1v) is 27.0. The van der Waals surface area contributed by atoms with Crippen molar-refractivity contribution in [3.63, 3.8) is 0 Å². The molecule has 0 aliphatic carbocycles. The number of aromatic nitrogens is 6. The fourth-order valence-corrected chi connectivity index (χ4v) is 9.70. The minimum atomic E-state index is 0.117. The summed E-state index contributed by atoms with van der Waals surface area (Å²) in [6.07, 6.45) is 5.56. The van der Waals surface area contributed by atoms with Crippen molar-refractivity contribution in [3.8, 4) is 79.3 Å². The molecule has 0 radical (unpaired) electrons. The molecule has 0 bridgehead atoms. The van der Waals surface area contributed by atoms with E-state index in [1.165, 1.54) is 16.7 Å². The fraction of sp³-hybridized carbons (Fsp3) is 0.0541. The van der Waals surface area contributed by atoms with Gasteiger partial charge in [-0.3, -0.25) is 9.13 Å². The molecule has 0 saturated carbocycles. The highest BCUT2D eigenvalue weighted by Gasteiger charge is 2.18. The lowest BCUT2D eigenvalue weighted by molar-refractivity contribution is 0.582. The molecule has 10 aromatic carbocycles. The second-order valence-corrected chi connectivity index (χ2v) is 20.6. The maximum atomic E-state index is 5.92. The second kappa shape index (κ2) is 23.6. The van der Waals surface area contributed by atoms with Gasteiger partial charge in [-0.2, -0.15) is 0 Å². The highest BCUT2D eigenvalue weighted by Crippen LogP contribution is 2.33. The van der Waals surface area contributed by atoms with Gasteiger partial charge in [-0.15, -0.1) is 10.2 Å². The van der Waals surface area contributed by atoms with Gasteiger partial charge in [0.05, 0.1) is 22.1 Å². The van der Waals surface area contributed by atoms with E-state index in [0.717, 1.165) is 95.2 Å². The van der Waals surface area contributed by atoms with Crippen LogP contribution in [0.25, 0.3) is 120 Å². The summed E-state index contributed by atoms with van der Waals surface area (Å²) >= 11 is 0. The van der Waals surface area contributed by atoms with E-state index in [0.29, 0.717) is 11.8 Å². The third-order valence-electron chi connectivity index (χ3n) is 14.2. The van der Waals surface area contributed by atoms with E-state index in [9.17, 15) is 0 Å². The van der Waals surface area contributed by atoms with Gasteiger partial charge in [0.15, 0.2) is 0 Å². The van der Waals surface area contributed by atoms with E-state index in [-0.39, 0.29) is 5.41 Å².